The monoisotopic (exact) mass is 289 g/mol. The molecule has 3 aromatic rings. The van der Waals surface area contributed by atoms with Crippen molar-refractivity contribution in [2.45, 2.75) is 31.7 Å². The minimum Gasteiger partial charge on any atom is -0.318 e. The molecule has 0 aliphatic carbocycles. The number of rotatable bonds is 5. The van der Waals surface area contributed by atoms with E-state index in [0.29, 0.717) is 0 Å². The third kappa shape index (κ3) is 2.77. The van der Waals surface area contributed by atoms with Crippen LogP contribution >= 0.6 is 0 Å². The molecule has 2 N–H and O–H groups in total. The number of nitrogens with two attached hydrogens (primary N) is 1. The standard InChI is InChI=1S/C21H23N/c1-2-3-15-21(22,19-11-5-4-6-12-19)20-14-13-17-9-7-8-10-18(17)16-20/h4-14,16H,2-3,15,22H2,1H3/t21-/m0/s1. The fourth-order valence-electron chi connectivity index (χ4n) is 3.11. The summed E-state index contributed by atoms with van der Waals surface area (Å²) < 4.78 is 0. The molecule has 1 atom stereocenters. The number of hydrogen-bond acceptors (Lipinski definition) is 1. The highest BCUT2D eigenvalue weighted by Crippen LogP contribution is 2.33. The van der Waals surface area contributed by atoms with Gasteiger partial charge in [0.1, 0.15) is 0 Å². The van der Waals surface area contributed by atoms with Crippen LogP contribution in [0.4, 0.5) is 0 Å². The highest BCUT2D eigenvalue weighted by Gasteiger charge is 2.28. The molecule has 1 nitrogen and oxygen atoms in total. The smallest absolute Gasteiger partial charge is 0.0665 e. The van der Waals surface area contributed by atoms with Gasteiger partial charge in [-0.25, -0.2) is 0 Å². The molecule has 0 aromatic heterocycles. The van der Waals surface area contributed by atoms with Crippen molar-refractivity contribution in [3.63, 3.8) is 0 Å². The molecule has 3 aromatic carbocycles. The first-order chi connectivity index (χ1) is 10.7. The molecule has 0 aliphatic rings. The van der Waals surface area contributed by atoms with E-state index in [1.807, 2.05) is 6.07 Å². The van der Waals surface area contributed by atoms with Crippen molar-refractivity contribution in [2.75, 3.05) is 0 Å². The van der Waals surface area contributed by atoms with E-state index in [1.165, 1.54) is 21.9 Å². The van der Waals surface area contributed by atoms with Gasteiger partial charge in [-0.05, 0) is 34.4 Å². The van der Waals surface area contributed by atoms with Crippen molar-refractivity contribution in [1.82, 2.24) is 0 Å². The number of fused-ring (bicyclic) bond motifs is 1. The molecule has 22 heavy (non-hydrogen) atoms. The Labute approximate surface area is 132 Å². The molecule has 0 bridgehead atoms. The molecule has 1 heteroatoms. The summed E-state index contributed by atoms with van der Waals surface area (Å²) in [6, 6.07) is 25.6. The van der Waals surface area contributed by atoms with Gasteiger partial charge in [0.15, 0.2) is 0 Å². The lowest BCUT2D eigenvalue weighted by Gasteiger charge is -2.31. The molecule has 0 fully saturated rings. The van der Waals surface area contributed by atoms with Crippen molar-refractivity contribution in [1.29, 1.82) is 0 Å². The lowest BCUT2D eigenvalue weighted by Crippen LogP contribution is -2.37. The van der Waals surface area contributed by atoms with E-state index in [4.69, 9.17) is 5.73 Å². The van der Waals surface area contributed by atoms with Crippen LogP contribution in [0.15, 0.2) is 72.8 Å². The Balaban J connectivity index is 2.11. The summed E-state index contributed by atoms with van der Waals surface area (Å²) in [4.78, 5) is 0. The minimum absolute atomic E-state index is 0.415. The quantitative estimate of drug-likeness (QED) is 0.683. The van der Waals surface area contributed by atoms with Gasteiger partial charge in [-0.2, -0.15) is 0 Å². The Hall–Kier alpha value is -2.12. The molecular formula is C21H23N. The molecule has 112 valence electrons. The van der Waals surface area contributed by atoms with E-state index in [0.717, 1.165) is 19.3 Å². The van der Waals surface area contributed by atoms with Gasteiger partial charge in [-0.1, -0.05) is 86.5 Å². The number of benzene rings is 3. The Bertz CT molecular complexity index is 748. The molecule has 3 rings (SSSR count). The first-order valence-electron chi connectivity index (χ1n) is 8.08. The maximum Gasteiger partial charge on any atom is 0.0665 e. The minimum atomic E-state index is -0.415. The third-order valence-electron chi connectivity index (χ3n) is 4.48. The molecule has 0 unspecified atom stereocenters. The van der Waals surface area contributed by atoms with Gasteiger partial charge < -0.3 is 5.73 Å². The Morgan fingerprint density at radius 3 is 2.18 bits per heavy atom. The van der Waals surface area contributed by atoms with Crippen LogP contribution in [0.3, 0.4) is 0 Å². The van der Waals surface area contributed by atoms with Crippen molar-refractivity contribution >= 4 is 10.8 Å². The van der Waals surface area contributed by atoms with Gasteiger partial charge >= 0.3 is 0 Å². The molecule has 0 amide bonds. The predicted molar refractivity (Wildman–Crippen MR) is 94.9 cm³/mol. The summed E-state index contributed by atoms with van der Waals surface area (Å²) in [6.45, 7) is 2.21. The first kappa shape index (κ1) is 14.8. The maximum atomic E-state index is 6.92. The first-order valence-corrected chi connectivity index (χ1v) is 8.08. The van der Waals surface area contributed by atoms with Crippen LogP contribution in [0.5, 0.6) is 0 Å². The van der Waals surface area contributed by atoms with Crippen LogP contribution in [0.1, 0.15) is 37.3 Å². The van der Waals surface area contributed by atoms with Crippen molar-refractivity contribution in [3.05, 3.63) is 83.9 Å². The van der Waals surface area contributed by atoms with E-state index in [9.17, 15) is 0 Å². The molecule has 0 heterocycles. The lowest BCUT2D eigenvalue weighted by molar-refractivity contribution is 0.469. The van der Waals surface area contributed by atoms with Gasteiger partial charge in [0, 0.05) is 0 Å². The van der Waals surface area contributed by atoms with Crippen molar-refractivity contribution < 1.29 is 0 Å². The lowest BCUT2D eigenvalue weighted by atomic mass is 9.79. The Kier molecular flexibility index (Phi) is 4.26. The van der Waals surface area contributed by atoms with Crippen LogP contribution in [-0.2, 0) is 5.54 Å². The normalized spacial score (nSPS) is 13.9. The van der Waals surface area contributed by atoms with E-state index in [-0.39, 0.29) is 0 Å². The average molecular weight is 289 g/mol. The largest absolute Gasteiger partial charge is 0.318 e. The van der Waals surface area contributed by atoms with Crippen molar-refractivity contribution in [2.24, 2.45) is 5.73 Å². The van der Waals surface area contributed by atoms with Crippen LogP contribution < -0.4 is 5.73 Å². The zero-order valence-corrected chi connectivity index (χ0v) is 13.1. The summed E-state index contributed by atoms with van der Waals surface area (Å²) in [5.74, 6) is 0. The third-order valence-corrected chi connectivity index (χ3v) is 4.48. The van der Waals surface area contributed by atoms with E-state index < -0.39 is 5.54 Å². The highest BCUT2D eigenvalue weighted by molar-refractivity contribution is 5.83. The second kappa shape index (κ2) is 6.33. The zero-order chi connectivity index (χ0) is 15.4. The molecule has 0 saturated carbocycles. The fourth-order valence-corrected chi connectivity index (χ4v) is 3.11. The molecule has 0 radical (unpaired) electrons. The Morgan fingerprint density at radius 1 is 0.773 bits per heavy atom. The SMILES string of the molecule is CCCC[C@](N)(c1ccccc1)c1ccc2ccccc2c1. The van der Waals surface area contributed by atoms with Gasteiger partial charge in [-0.15, -0.1) is 0 Å². The van der Waals surface area contributed by atoms with Crippen LogP contribution in [0, 0.1) is 0 Å². The highest BCUT2D eigenvalue weighted by atomic mass is 14.7. The van der Waals surface area contributed by atoms with Gasteiger partial charge in [0.2, 0.25) is 0 Å². The van der Waals surface area contributed by atoms with Crippen LogP contribution in [-0.4, -0.2) is 0 Å². The topological polar surface area (TPSA) is 26.0 Å². The summed E-state index contributed by atoms with van der Waals surface area (Å²) in [7, 11) is 0. The van der Waals surface area contributed by atoms with E-state index in [1.54, 1.807) is 0 Å². The molecular weight excluding hydrogens is 266 g/mol. The van der Waals surface area contributed by atoms with Gasteiger partial charge in [0.05, 0.1) is 5.54 Å². The van der Waals surface area contributed by atoms with Crippen LogP contribution in [0.2, 0.25) is 0 Å². The molecule has 0 spiro atoms. The Morgan fingerprint density at radius 2 is 1.45 bits per heavy atom. The summed E-state index contributed by atoms with van der Waals surface area (Å²) in [6.07, 6.45) is 3.24. The number of unbranched alkanes of at least 4 members (excludes halogenated alkanes) is 1. The molecule has 0 saturated heterocycles. The second-order valence-electron chi connectivity index (χ2n) is 6.00. The zero-order valence-electron chi connectivity index (χ0n) is 13.1. The number of hydrogen-bond donors (Lipinski definition) is 1. The van der Waals surface area contributed by atoms with E-state index in [2.05, 4.69) is 73.7 Å². The summed E-state index contributed by atoms with van der Waals surface area (Å²) in [5.41, 5.74) is 8.90. The van der Waals surface area contributed by atoms with Crippen molar-refractivity contribution in [3.8, 4) is 0 Å². The molecule has 0 aliphatic heterocycles. The summed E-state index contributed by atoms with van der Waals surface area (Å²) in [5, 5.41) is 2.51. The van der Waals surface area contributed by atoms with E-state index >= 15 is 0 Å². The average Bonchev–Trinajstić information content (AvgIpc) is 2.60. The maximum absolute atomic E-state index is 6.92. The fraction of sp³-hybridized carbons (Fsp3) is 0.238. The van der Waals surface area contributed by atoms with Gasteiger partial charge in [0.25, 0.3) is 0 Å². The summed E-state index contributed by atoms with van der Waals surface area (Å²) >= 11 is 0. The van der Waals surface area contributed by atoms with Gasteiger partial charge in [-0.3, -0.25) is 0 Å². The van der Waals surface area contributed by atoms with Crippen LogP contribution in [0.25, 0.3) is 10.8 Å². The predicted octanol–water partition coefficient (Wildman–Crippen LogP) is 5.23. The second-order valence-corrected chi connectivity index (χ2v) is 6.00.